The van der Waals surface area contributed by atoms with Gasteiger partial charge in [0, 0.05) is 5.02 Å². The molecule has 1 aromatic rings. The van der Waals surface area contributed by atoms with Gasteiger partial charge in [-0.2, -0.15) is 0 Å². The highest BCUT2D eigenvalue weighted by atomic mass is 35.5. The number of nitrogens with zero attached hydrogens (tertiary/aromatic N) is 1. The topological polar surface area (TPSA) is 46.6 Å². The van der Waals surface area contributed by atoms with Crippen molar-refractivity contribution in [1.29, 1.82) is 0 Å². The molecule has 4 rings (SSSR count). The van der Waals surface area contributed by atoms with Gasteiger partial charge in [-0.25, -0.2) is 4.90 Å². The minimum Gasteiger partial charge on any atom is -0.362 e. The first-order valence-electron chi connectivity index (χ1n) is 6.93. The summed E-state index contributed by atoms with van der Waals surface area (Å²) in [6.45, 7) is 3.75. The van der Waals surface area contributed by atoms with Crippen LogP contribution in [0.15, 0.2) is 30.4 Å². The van der Waals surface area contributed by atoms with Gasteiger partial charge in [0.15, 0.2) is 0 Å². The number of imide groups is 1. The van der Waals surface area contributed by atoms with Crippen molar-refractivity contribution in [2.75, 3.05) is 4.90 Å². The number of anilines is 1. The van der Waals surface area contributed by atoms with Gasteiger partial charge in [0.05, 0.1) is 29.2 Å². The van der Waals surface area contributed by atoms with Crippen LogP contribution in [0.4, 0.5) is 5.69 Å². The van der Waals surface area contributed by atoms with Crippen LogP contribution in [0.5, 0.6) is 0 Å². The van der Waals surface area contributed by atoms with E-state index in [4.69, 9.17) is 16.3 Å². The minimum absolute atomic E-state index is 0.192. The van der Waals surface area contributed by atoms with Gasteiger partial charge in [-0.15, -0.1) is 0 Å². The van der Waals surface area contributed by atoms with E-state index in [9.17, 15) is 9.59 Å². The molecule has 3 aliphatic heterocycles. The summed E-state index contributed by atoms with van der Waals surface area (Å²) in [6.07, 6.45) is 3.50. The fourth-order valence-corrected chi connectivity index (χ4v) is 3.80. The molecule has 1 aromatic carbocycles. The van der Waals surface area contributed by atoms with Crippen LogP contribution in [-0.2, 0) is 14.3 Å². The zero-order valence-corrected chi connectivity index (χ0v) is 12.4. The SMILES string of the molecule is Cc1ccc(N2C(=O)[C@H]3[C@H]4C=C[C@@](C)(O4)[C@H]3C2=O)cc1Cl. The van der Waals surface area contributed by atoms with Gasteiger partial charge in [-0.3, -0.25) is 9.59 Å². The van der Waals surface area contributed by atoms with Gasteiger partial charge in [-0.1, -0.05) is 29.8 Å². The number of fused-ring (bicyclic) bond motifs is 5. The summed E-state index contributed by atoms with van der Waals surface area (Å²) in [4.78, 5) is 26.7. The number of hydrogen-bond donors (Lipinski definition) is 0. The molecule has 0 aliphatic carbocycles. The number of amides is 2. The Kier molecular flexibility index (Phi) is 2.46. The maximum absolute atomic E-state index is 12.7. The van der Waals surface area contributed by atoms with Crippen molar-refractivity contribution in [1.82, 2.24) is 0 Å². The average Bonchev–Trinajstić information content (AvgIpc) is 3.03. The van der Waals surface area contributed by atoms with Crippen molar-refractivity contribution < 1.29 is 14.3 Å². The van der Waals surface area contributed by atoms with Crippen molar-refractivity contribution >= 4 is 29.1 Å². The van der Waals surface area contributed by atoms with Crippen molar-refractivity contribution in [3.8, 4) is 0 Å². The summed E-state index contributed by atoms with van der Waals surface area (Å²) in [5.74, 6) is -1.23. The van der Waals surface area contributed by atoms with Crippen LogP contribution in [0.2, 0.25) is 5.02 Å². The van der Waals surface area contributed by atoms with E-state index in [1.54, 1.807) is 12.1 Å². The summed E-state index contributed by atoms with van der Waals surface area (Å²) in [5, 5.41) is 0.550. The summed E-state index contributed by atoms with van der Waals surface area (Å²) in [5.41, 5.74) is 0.792. The molecule has 5 heteroatoms. The van der Waals surface area contributed by atoms with E-state index in [1.165, 1.54) is 4.90 Å². The van der Waals surface area contributed by atoms with Gasteiger partial charge >= 0.3 is 0 Å². The van der Waals surface area contributed by atoms with Gasteiger partial charge in [0.2, 0.25) is 11.8 Å². The van der Waals surface area contributed by atoms with E-state index in [0.717, 1.165) is 5.56 Å². The van der Waals surface area contributed by atoms with Crippen molar-refractivity contribution in [3.63, 3.8) is 0 Å². The molecule has 21 heavy (non-hydrogen) atoms. The predicted molar refractivity (Wildman–Crippen MR) is 78.1 cm³/mol. The molecular formula is C16H14ClNO3. The van der Waals surface area contributed by atoms with Crippen molar-refractivity contribution in [2.24, 2.45) is 11.8 Å². The van der Waals surface area contributed by atoms with Gasteiger partial charge in [-0.05, 0) is 31.5 Å². The molecule has 2 bridgehead atoms. The monoisotopic (exact) mass is 303 g/mol. The predicted octanol–water partition coefficient (Wildman–Crippen LogP) is 2.48. The molecular weight excluding hydrogens is 290 g/mol. The van der Waals surface area contributed by atoms with E-state index in [0.29, 0.717) is 10.7 Å². The Morgan fingerprint density at radius 3 is 2.71 bits per heavy atom. The Morgan fingerprint density at radius 1 is 1.29 bits per heavy atom. The summed E-state index contributed by atoms with van der Waals surface area (Å²) in [6, 6.07) is 5.25. The fourth-order valence-electron chi connectivity index (χ4n) is 3.63. The van der Waals surface area contributed by atoms with Crippen LogP contribution in [-0.4, -0.2) is 23.5 Å². The second-order valence-corrected chi connectivity index (χ2v) is 6.48. The number of carbonyl (C=O) groups excluding carboxylic acids is 2. The number of aryl methyl sites for hydroxylation is 1. The minimum atomic E-state index is -0.661. The van der Waals surface area contributed by atoms with Gasteiger partial charge in [0.25, 0.3) is 0 Å². The van der Waals surface area contributed by atoms with E-state index in [1.807, 2.05) is 32.1 Å². The van der Waals surface area contributed by atoms with E-state index in [-0.39, 0.29) is 17.9 Å². The summed E-state index contributed by atoms with van der Waals surface area (Å²) in [7, 11) is 0. The second-order valence-electron chi connectivity index (χ2n) is 6.07. The maximum Gasteiger partial charge on any atom is 0.241 e. The number of halogens is 1. The molecule has 0 spiro atoms. The third-order valence-electron chi connectivity index (χ3n) is 4.74. The lowest BCUT2D eigenvalue weighted by atomic mass is 9.78. The number of rotatable bonds is 1. The molecule has 108 valence electrons. The maximum atomic E-state index is 12.7. The summed E-state index contributed by atoms with van der Waals surface area (Å²) >= 11 is 6.12. The standard InChI is InChI=1S/C16H14ClNO3/c1-8-3-4-9(7-10(8)17)18-14(19)12-11-5-6-16(2,21-11)13(12)15(18)20/h3-7,11-13H,1-2H3/t11-,12+,13-,16-/m1/s1. The van der Waals surface area contributed by atoms with Crippen molar-refractivity contribution in [2.45, 2.75) is 25.6 Å². The molecule has 2 amide bonds. The lowest BCUT2D eigenvalue weighted by molar-refractivity contribution is -0.126. The fraction of sp³-hybridized carbons (Fsp3) is 0.375. The van der Waals surface area contributed by atoms with Crippen LogP contribution in [0.25, 0.3) is 0 Å². The Bertz CT molecular complexity index is 713. The normalized spacial score (nSPS) is 36.7. The number of carbonyl (C=O) groups is 2. The van der Waals surface area contributed by atoms with Crippen LogP contribution in [0.3, 0.4) is 0 Å². The zero-order valence-electron chi connectivity index (χ0n) is 11.7. The highest BCUT2D eigenvalue weighted by Gasteiger charge is 2.66. The van der Waals surface area contributed by atoms with E-state index in [2.05, 4.69) is 0 Å². The molecule has 3 aliphatic rings. The quantitative estimate of drug-likeness (QED) is 0.591. The summed E-state index contributed by atoms with van der Waals surface area (Å²) < 4.78 is 5.79. The molecule has 0 unspecified atom stereocenters. The third-order valence-corrected chi connectivity index (χ3v) is 5.15. The van der Waals surface area contributed by atoms with Crippen LogP contribution in [0, 0.1) is 18.8 Å². The zero-order chi connectivity index (χ0) is 14.9. The Labute approximate surface area is 127 Å². The molecule has 0 aromatic heterocycles. The van der Waals surface area contributed by atoms with Crippen LogP contribution >= 0.6 is 11.6 Å². The Balaban J connectivity index is 1.78. The number of ether oxygens (including phenoxy) is 1. The molecule has 2 saturated heterocycles. The van der Waals surface area contributed by atoms with Crippen LogP contribution in [0.1, 0.15) is 12.5 Å². The van der Waals surface area contributed by atoms with Crippen LogP contribution < -0.4 is 4.90 Å². The molecule has 0 N–H and O–H groups in total. The molecule has 4 atom stereocenters. The van der Waals surface area contributed by atoms with Gasteiger partial charge in [0.1, 0.15) is 0 Å². The first-order valence-corrected chi connectivity index (χ1v) is 7.31. The van der Waals surface area contributed by atoms with Crippen molar-refractivity contribution in [3.05, 3.63) is 40.9 Å². The smallest absolute Gasteiger partial charge is 0.241 e. The molecule has 0 saturated carbocycles. The number of benzene rings is 1. The first kappa shape index (κ1) is 13.0. The molecule has 2 fully saturated rings. The first-order chi connectivity index (χ1) is 9.92. The lowest BCUT2D eigenvalue weighted by Crippen LogP contribution is -2.38. The van der Waals surface area contributed by atoms with E-state index >= 15 is 0 Å². The Morgan fingerprint density at radius 2 is 2.05 bits per heavy atom. The number of hydrogen-bond acceptors (Lipinski definition) is 3. The average molecular weight is 304 g/mol. The highest BCUT2D eigenvalue weighted by Crippen LogP contribution is 2.52. The Hall–Kier alpha value is -1.65. The molecule has 0 radical (unpaired) electrons. The highest BCUT2D eigenvalue weighted by molar-refractivity contribution is 6.32. The lowest BCUT2D eigenvalue weighted by Gasteiger charge is -2.24. The van der Waals surface area contributed by atoms with E-state index < -0.39 is 17.4 Å². The molecule has 3 heterocycles. The second kappa shape index (κ2) is 3.96. The third kappa shape index (κ3) is 1.54. The molecule has 4 nitrogen and oxygen atoms in total. The largest absolute Gasteiger partial charge is 0.362 e. The van der Waals surface area contributed by atoms with Gasteiger partial charge < -0.3 is 4.74 Å².